The zero-order chi connectivity index (χ0) is 32.5. The SMILES string of the molecule is N#Cc1ccc([Si](c2ccccc2)(c2ccccc2)c2ccccc2)c(-c2cccc(-n3c4ccccc4c4cc(C#N)ccc43)c2)c1. The van der Waals surface area contributed by atoms with Gasteiger partial charge in [-0.3, -0.25) is 0 Å². The summed E-state index contributed by atoms with van der Waals surface area (Å²) in [4.78, 5) is 0. The predicted molar refractivity (Wildman–Crippen MR) is 199 cm³/mol. The van der Waals surface area contributed by atoms with E-state index in [1.807, 2.05) is 30.3 Å². The molecule has 4 heteroatoms. The molecule has 48 heavy (non-hydrogen) atoms. The Balaban J connectivity index is 1.44. The van der Waals surface area contributed by atoms with E-state index in [-0.39, 0.29) is 0 Å². The molecule has 0 aliphatic carbocycles. The van der Waals surface area contributed by atoms with Crippen molar-refractivity contribution in [1.29, 1.82) is 10.5 Å². The Hall–Kier alpha value is -6.46. The fraction of sp³-hybridized carbons (Fsp3) is 0. The molecule has 224 valence electrons. The summed E-state index contributed by atoms with van der Waals surface area (Å²) in [6.07, 6.45) is 0. The molecule has 0 saturated carbocycles. The summed E-state index contributed by atoms with van der Waals surface area (Å²) in [5.41, 5.74) is 6.49. The first-order valence-corrected chi connectivity index (χ1v) is 18.0. The molecule has 0 N–H and O–H groups in total. The molecule has 1 heterocycles. The quantitative estimate of drug-likeness (QED) is 0.141. The minimum Gasteiger partial charge on any atom is -0.309 e. The summed E-state index contributed by atoms with van der Waals surface area (Å²) in [5, 5.41) is 27.0. The highest BCUT2D eigenvalue weighted by Gasteiger charge is 2.43. The van der Waals surface area contributed by atoms with Crippen LogP contribution in [0.3, 0.4) is 0 Å². The molecule has 1 aromatic heterocycles. The fourth-order valence-electron chi connectivity index (χ4n) is 7.34. The van der Waals surface area contributed by atoms with Gasteiger partial charge in [0.2, 0.25) is 0 Å². The van der Waals surface area contributed by atoms with Gasteiger partial charge < -0.3 is 4.57 Å². The largest absolute Gasteiger partial charge is 0.309 e. The van der Waals surface area contributed by atoms with E-state index in [0.717, 1.165) is 38.6 Å². The molecule has 7 aromatic carbocycles. The fourth-order valence-corrected chi connectivity index (χ4v) is 12.3. The molecule has 0 atom stereocenters. The lowest BCUT2D eigenvalue weighted by Gasteiger charge is -2.36. The van der Waals surface area contributed by atoms with Crippen molar-refractivity contribution in [3.63, 3.8) is 0 Å². The topological polar surface area (TPSA) is 52.5 Å². The van der Waals surface area contributed by atoms with Crippen LogP contribution < -0.4 is 20.7 Å². The molecule has 0 amide bonds. The second kappa shape index (κ2) is 12.0. The van der Waals surface area contributed by atoms with Crippen molar-refractivity contribution < 1.29 is 0 Å². The van der Waals surface area contributed by atoms with Gasteiger partial charge in [-0.2, -0.15) is 10.5 Å². The molecule has 8 aromatic rings. The van der Waals surface area contributed by atoms with E-state index in [1.54, 1.807) is 0 Å². The van der Waals surface area contributed by atoms with E-state index < -0.39 is 8.07 Å². The van der Waals surface area contributed by atoms with Crippen molar-refractivity contribution in [2.45, 2.75) is 0 Å². The average Bonchev–Trinajstić information content (AvgIpc) is 3.50. The number of hydrogen-bond donors (Lipinski definition) is 0. The third-order valence-electron chi connectivity index (χ3n) is 9.39. The normalized spacial score (nSPS) is 11.3. The van der Waals surface area contributed by atoms with E-state index >= 15 is 0 Å². The molecule has 0 radical (unpaired) electrons. The summed E-state index contributed by atoms with van der Waals surface area (Å²) < 4.78 is 2.28. The molecule has 8 rings (SSSR count). The van der Waals surface area contributed by atoms with Crippen LogP contribution in [0.15, 0.2) is 176 Å². The van der Waals surface area contributed by atoms with Gasteiger partial charge in [0.1, 0.15) is 0 Å². The van der Waals surface area contributed by atoms with E-state index in [2.05, 4.69) is 162 Å². The summed E-state index contributed by atoms with van der Waals surface area (Å²) >= 11 is 0. The first kappa shape index (κ1) is 29.0. The van der Waals surface area contributed by atoms with Crippen LogP contribution in [0.1, 0.15) is 11.1 Å². The number of nitrogens with zero attached hydrogens (tertiary/aromatic N) is 3. The van der Waals surface area contributed by atoms with Crippen LogP contribution in [0.2, 0.25) is 0 Å². The number of rotatable bonds is 6. The molecule has 0 aliphatic rings. The van der Waals surface area contributed by atoms with Gasteiger partial charge in [0, 0.05) is 16.5 Å². The highest BCUT2D eigenvalue weighted by atomic mass is 28.3. The Kier molecular flexibility index (Phi) is 7.27. The summed E-state index contributed by atoms with van der Waals surface area (Å²) in [5.74, 6) is 0. The molecule has 0 bridgehead atoms. The zero-order valence-electron chi connectivity index (χ0n) is 26.1. The monoisotopic (exact) mass is 627 g/mol. The van der Waals surface area contributed by atoms with Crippen molar-refractivity contribution >= 4 is 50.6 Å². The summed E-state index contributed by atoms with van der Waals surface area (Å²) in [7, 11) is -2.89. The van der Waals surface area contributed by atoms with Gasteiger partial charge in [0.15, 0.2) is 8.07 Å². The third-order valence-corrected chi connectivity index (χ3v) is 14.2. The molecule has 0 fully saturated rings. The standard InChI is InChI=1S/C44H29N3Si/c45-30-32-23-25-43-41(28-32)39-21-10-11-22-42(39)47(43)35-14-12-13-34(29-35)40-27-33(31-46)24-26-44(40)48(36-15-4-1-5-16-36,37-17-6-2-7-18-37)38-19-8-3-9-20-38/h1-29H. The van der Waals surface area contributed by atoms with Crippen LogP contribution in [0.4, 0.5) is 0 Å². The number of aromatic nitrogens is 1. The van der Waals surface area contributed by atoms with Crippen molar-refractivity contribution in [3.8, 4) is 29.0 Å². The second-order valence-corrected chi connectivity index (χ2v) is 15.7. The van der Waals surface area contributed by atoms with Crippen molar-refractivity contribution in [2.24, 2.45) is 0 Å². The molecule has 3 nitrogen and oxygen atoms in total. The van der Waals surface area contributed by atoms with Crippen molar-refractivity contribution in [2.75, 3.05) is 0 Å². The van der Waals surface area contributed by atoms with Gasteiger partial charge in [0.05, 0.1) is 34.3 Å². The molecule has 0 unspecified atom stereocenters. The lowest BCUT2D eigenvalue weighted by molar-refractivity contribution is 1.18. The van der Waals surface area contributed by atoms with Crippen molar-refractivity contribution in [3.05, 3.63) is 187 Å². The molecule has 0 saturated heterocycles. The number of hydrogen-bond acceptors (Lipinski definition) is 2. The first-order valence-electron chi connectivity index (χ1n) is 16.0. The zero-order valence-corrected chi connectivity index (χ0v) is 27.1. The minimum absolute atomic E-state index is 0.622. The van der Waals surface area contributed by atoms with Crippen LogP contribution in [-0.2, 0) is 0 Å². The van der Waals surface area contributed by atoms with Crippen LogP contribution in [0.25, 0.3) is 38.6 Å². The maximum atomic E-state index is 10.2. The minimum atomic E-state index is -2.89. The Labute approximate surface area is 280 Å². The van der Waals surface area contributed by atoms with Gasteiger partial charge in [-0.25, -0.2) is 0 Å². The average molecular weight is 628 g/mol. The summed E-state index contributed by atoms with van der Waals surface area (Å²) in [6, 6.07) is 66.4. The third kappa shape index (κ3) is 4.64. The second-order valence-electron chi connectivity index (χ2n) is 12.0. The molecule has 0 aliphatic heterocycles. The van der Waals surface area contributed by atoms with Crippen LogP contribution in [0, 0.1) is 22.7 Å². The number of benzene rings is 7. The van der Waals surface area contributed by atoms with E-state index in [9.17, 15) is 10.5 Å². The van der Waals surface area contributed by atoms with E-state index in [0.29, 0.717) is 11.1 Å². The first-order chi connectivity index (χ1) is 23.7. The lowest BCUT2D eigenvalue weighted by atomic mass is 10.0. The van der Waals surface area contributed by atoms with Gasteiger partial charge in [-0.15, -0.1) is 0 Å². The Morgan fingerprint density at radius 3 is 1.60 bits per heavy atom. The molecule has 0 spiro atoms. The highest BCUT2D eigenvalue weighted by Crippen LogP contribution is 2.34. The lowest BCUT2D eigenvalue weighted by Crippen LogP contribution is -2.75. The molecular weight excluding hydrogens is 599 g/mol. The van der Waals surface area contributed by atoms with Gasteiger partial charge >= 0.3 is 0 Å². The van der Waals surface area contributed by atoms with E-state index in [1.165, 1.54) is 20.7 Å². The van der Waals surface area contributed by atoms with Gasteiger partial charge in [-0.05, 0) is 80.4 Å². The Morgan fingerprint density at radius 2 is 0.979 bits per heavy atom. The summed E-state index contributed by atoms with van der Waals surface area (Å²) in [6.45, 7) is 0. The Morgan fingerprint density at radius 1 is 0.438 bits per heavy atom. The van der Waals surface area contributed by atoms with Gasteiger partial charge in [-0.1, -0.05) is 127 Å². The van der Waals surface area contributed by atoms with E-state index in [4.69, 9.17) is 0 Å². The Bertz CT molecular complexity index is 2430. The number of nitriles is 2. The maximum absolute atomic E-state index is 10.2. The maximum Gasteiger partial charge on any atom is 0.180 e. The predicted octanol–water partition coefficient (Wildman–Crippen LogP) is 7.57. The number of para-hydroxylation sites is 1. The van der Waals surface area contributed by atoms with Crippen LogP contribution in [-0.4, -0.2) is 12.6 Å². The number of fused-ring (bicyclic) bond motifs is 3. The van der Waals surface area contributed by atoms with Crippen molar-refractivity contribution in [1.82, 2.24) is 4.57 Å². The van der Waals surface area contributed by atoms with Gasteiger partial charge in [0.25, 0.3) is 0 Å². The molecular formula is C44H29N3Si. The highest BCUT2D eigenvalue weighted by molar-refractivity contribution is 7.20. The van der Waals surface area contributed by atoms with Crippen LogP contribution >= 0.6 is 0 Å². The van der Waals surface area contributed by atoms with Crippen LogP contribution in [0.5, 0.6) is 0 Å². The smallest absolute Gasteiger partial charge is 0.180 e.